The Kier molecular flexibility index (Phi) is 5.84. The van der Waals surface area contributed by atoms with E-state index in [-0.39, 0.29) is 6.42 Å². The lowest BCUT2D eigenvalue weighted by atomic mass is 9.81. The summed E-state index contributed by atoms with van der Waals surface area (Å²) in [5.41, 5.74) is -1.23. The van der Waals surface area contributed by atoms with Crippen molar-refractivity contribution in [2.24, 2.45) is 0 Å². The number of hydrogen-bond donors (Lipinski definition) is 2. The number of ether oxygens (including phenoxy) is 1. The molecule has 2 N–H and O–H groups in total. The van der Waals surface area contributed by atoms with Gasteiger partial charge in [-0.3, -0.25) is 4.79 Å². The second-order valence-electron chi connectivity index (χ2n) is 6.75. The summed E-state index contributed by atoms with van der Waals surface area (Å²) < 4.78 is 5.28. The molecule has 0 bridgehead atoms. The van der Waals surface area contributed by atoms with Crippen molar-refractivity contribution in [2.45, 2.75) is 83.3 Å². The van der Waals surface area contributed by atoms with Crippen molar-refractivity contribution in [2.75, 3.05) is 0 Å². The molecule has 1 amide bonds. The number of carboxylic acid groups (broad SMARTS) is 1. The zero-order valence-corrected chi connectivity index (χ0v) is 12.8. The van der Waals surface area contributed by atoms with E-state index >= 15 is 0 Å². The average Bonchev–Trinajstić information content (AvgIpc) is 2.20. The largest absolute Gasteiger partial charge is 0.481 e. The molecule has 5 heteroatoms. The molecular formula is C15H27NO4. The number of carboxylic acids is 1. The lowest BCUT2D eigenvalue weighted by Gasteiger charge is -2.35. The van der Waals surface area contributed by atoms with Crippen molar-refractivity contribution in [3.8, 4) is 0 Å². The first-order valence-corrected chi connectivity index (χ1v) is 7.45. The average molecular weight is 285 g/mol. The standard InChI is InChI=1S/C15H27NO4/c1-14(2,3)20-13(19)16-15(11-12(17)18)9-7-5-4-6-8-10-15/h4-11H2,1-3H3,(H,16,19)(H,17,18). The van der Waals surface area contributed by atoms with Crippen LogP contribution in [0.1, 0.15) is 72.1 Å². The Morgan fingerprint density at radius 1 is 1.10 bits per heavy atom. The molecule has 0 unspecified atom stereocenters. The fourth-order valence-corrected chi connectivity index (χ4v) is 2.74. The van der Waals surface area contributed by atoms with Crippen LogP contribution in [0.5, 0.6) is 0 Å². The minimum atomic E-state index is -0.873. The maximum absolute atomic E-state index is 12.0. The Bertz CT molecular complexity index is 338. The topological polar surface area (TPSA) is 75.6 Å². The summed E-state index contributed by atoms with van der Waals surface area (Å²) in [5, 5.41) is 12.0. The number of aliphatic carboxylic acids is 1. The van der Waals surface area contributed by atoms with Gasteiger partial charge in [-0.2, -0.15) is 0 Å². The molecule has 0 aromatic heterocycles. The molecule has 20 heavy (non-hydrogen) atoms. The summed E-state index contributed by atoms with van der Waals surface area (Å²) in [7, 11) is 0. The lowest BCUT2D eigenvalue weighted by Crippen LogP contribution is -2.51. The number of alkyl carbamates (subject to hydrolysis) is 1. The van der Waals surface area contributed by atoms with E-state index in [1.165, 1.54) is 6.42 Å². The quantitative estimate of drug-likeness (QED) is 0.832. The first-order valence-electron chi connectivity index (χ1n) is 7.45. The van der Waals surface area contributed by atoms with Crippen LogP contribution in [-0.4, -0.2) is 28.3 Å². The van der Waals surface area contributed by atoms with E-state index in [1.54, 1.807) is 20.8 Å². The third-order valence-electron chi connectivity index (χ3n) is 3.57. The molecule has 0 spiro atoms. The maximum atomic E-state index is 12.0. The first-order chi connectivity index (χ1) is 9.22. The Balaban J connectivity index is 2.75. The molecule has 0 heterocycles. The zero-order chi connectivity index (χ0) is 15.2. The maximum Gasteiger partial charge on any atom is 0.408 e. The van der Waals surface area contributed by atoms with Crippen LogP contribution in [-0.2, 0) is 9.53 Å². The van der Waals surface area contributed by atoms with Gasteiger partial charge in [0.1, 0.15) is 5.60 Å². The molecule has 5 nitrogen and oxygen atoms in total. The summed E-state index contributed by atoms with van der Waals surface area (Å²) in [5.74, 6) is -0.873. The minimum Gasteiger partial charge on any atom is -0.481 e. The summed E-state index contributed by atoms with van der Waals surface area (Å²) >= 11 is 0. The highest BCUT2D eigenvalue weighted by Gasteiger charge is 2.35. The Hall–Kier alpha value is -1.26. The molecule has 0 aromatic rings. The van der Waals surface area contributed by atoms with E-state index in [2.05, 4.69) is 5.32 Å². The van der Waals surface area contributed by atoms with Gasteiger partial charge < -0.3 is 15.2 Å². The van der Waals surface area contributed by atoms with Crippen LogP contribution in [0.25, 0.3) is 0 Å². The summed E-state index contributed by atoms with van der Waals surface area (Å²) in [4.78, 5) is 23.1. The molecule has 1 saturated carbocycles. The molecule has 0 saturated heterocycles. The first kappa shape index (κ1) is 16.8. The third-order valence-corrected chi connectivity index (χ3v) is 3.57. The van der Waals surface area contributed by atoms with Gasteiger partial charge in [0.15, 0.2) is 0 Å². The molecule has 1 aliphatic rings. The zero-order valence-electron chi connectivity index (χ0n) is 12.8. The predicted molar refractivity (Wildman–Crippen MR) is 76.7 cm³/mol. The highest BCUT2D eigenvalue weighted by molar-refractivity contribution is 5.73. The van der Waals surface area contributed by atoms with Crippen LogP contribution < -0.4 is 5.32 Å². The Morgan fingerprint density at radius 3 is 2.05 bits per heavy atom. The second kappa shape index (κ2) is 6.95. The Morgan fingerprint density at radius 2 is 1.60 bits per heavy atom. The van der Waals surface area contributed by atoms with Gasteiger partial charge in [-0.1, -0.05) is 32.1 Å². The summed E-state index contributed by atoms with van der Waals surface area (Å²) in [6.07, 6.45) is 6.14. The molecule has 0 atom stereocenters. The van der Waals surface area contributed by atoms with Gasteiger partial charge in [0.2, 0.25) is 0 Å². The van der Waals surface area contributed by atoms with E-state index in [0.717, 1.165) is 25.7 Å². The van der Waals surface area contributed by atoms with E-state index < -0.39 is 23.2 Å². The normalized spacial score (nSPS) is 19.6. The summed E-state index contributed by atoms with van der Waals surface area (Å²) in [6, 6.07) is 0. The SMILES string of the molecule is CC(C)(C)OC(=O)NC1(CC(=O)O)CCCCCCC1. The number of rotatable bonds is 3. The van der Waals surface area contributed by atoms with Crippen molar-refractivity contribution in [3.63, 3.8) is 0 Å². The smallest absolute Gasteiger partial charge is 0.408 e. The van der Waals surface area contributed by atoms with Crippen molar-refractivity contribution < 1.29 is 19.4 Å². The molecule has 1 aliphatic carbocycles. The van der Waals surface area contributed by atoms with Crippen molar-refractivity contribution in [1.82, 2.24) is 5.32 Å². The number of amides is 1. The highest BCUT2D eigenvalue weighted by Crippen LogP contribution is 2.29. The lowest BCUT2D eigenvalue weighted by molar-refractivity contribution is -0.138. The predicted octanol–water partition coefficient (Wildman–Crippen LogP) is 3.47. The van der Waals surface area contributed by atoms with Gasteiger partial charge in [-0.15, -0.1) is 0 Å². The Labute approximate surface area is 121 Å². The number of carbonyl (C=O) groups excluding carboxylic acids is 1. The monoisotopic (exact) mass is 285 g/mol. The van der Waals surface area contributed by atoms with Crippen LogP contribution in [0.3, 0.4) is 0 Å². The number of hydrogen-bond acceptors (Lipinski definition) is 3. The summed E-state index contributed by atoms with van der Waals surface area (Å²) in [6.45, 7) is 5.40. The molecule has 116 valence electrons. The molecule has 1 fully saturated rings. The van der Waals surface area contributed by atoms with Gasteiger partial charge in [-0.05, 0) is 33.6 Å². The van der Waals surface area contributed by atoms with Gasteiger partial charge >= 0.3 is 12.1 Å². The van der Waals surface area contributed by atoms with Crippen LogP contribution in [0.2, 0.25) is 0 Å². The minimum absolute atomic E-state index is 0.0355. The molecule has 0 radical (unpaired) electrons. The second-order valence-corrected chi connectivity index (χ2v) is 6.75. The van der Waals surface area contributed by atoms with Crippen molar-refractivity contribution >= 4 is 12.1 Å². The van der Waals surface area contributed by atoms with E-state index in [0.29, 0.717) is 12.8 Å². The molecule has 0 aromatic carbocycles. The van der Waals surface area contributed by atoms with E-state index in [9.17, 15) is 9.59 Å². The van der Waals surface area contributed by atoms with Gasteiger partial charge in [0.25, 0.3) is 0 Å². The molecule has 1 rings (SSSR count). The van der Waals surface area contributed by atoms with Crippen molar-refractivity contribution in [3.05, 3.63) is 0 Å². The van der Waals surface area contributed by atoms with Crippen LogP contribution >= 0.6 is 0 Å². The fraction of sp³-hybridized carbons (Fsp3) is 0.867. The molecular weight excluding hydrogens is 258 g/mol. The highest BCUT2D eigenvalue weighted by atomic mass is 16.6. The van der Waals surface area contributed by atoms with Crippen LogP contribution in [0.15, 0.2) is 0 Å². The molecule has 0 aliphatic heterocycles. The van der Waals surface area contributed by atoms with E-state index in [1.807, 2.05) is 0 Å². The number of carbonyl (C=O) groups is 2. The van der Waals surface area contributed by atoms with Crippen LogP contribution in [0, 0.1) is 0 Å². The number of nitrogens with one attached hydrogen (secondary N) is 1. The van der Waals surface area contributed by atoms with Gasteiger partial charge in [-0.25, -0.2) is 4.79 Å². The van der Waals surface area contributed by atoms with Crippen molar-refractivity contribution in [1.29, 1.82) is 0 Å². The van der Waals surface area contributed by atoms with Crippen LogP contribution in [0.4, 0.5) is 4.79 Å². The third kappa shape index (κ3) is 6.26. The fourth-order valence-electron chi connectivity index (χ4n) is 2.74. The van der Waals surface area contributed by atoms with Gasteiger partial charge in [0.05, 0.1) is 12.0 Å². The van der Waals surface area contributed by atoms with E-state index in [4.69, 9.17) is 9.84 Å². The van der Waals surface area contributed by atoms with Gasteiger partial charge in [0, 0.05) is 0 Å².